The van der Waals surface area contributed by atoms with Gasteiger partial charge >= 0.3 is 12.0 Å². The first-order valence-corrected chi connectivity index (χ1v) is 8.77. The quantitative estimate of drug-likeness (QED) is 0.605. The molecule has 10 heteroatoms. The highest BCUT2D eigenvalue weighted by molar-refractivity contribution is 6.00. The van der Waals surface area contributed by atoms with E-state index in [2.05, 4.69) is 26.2 Å². The Morgan fingerprint density at radius 1 is 1.07 bits per heavy atom. The SMILES string of the molecule is CCNC(=O)NC(=O)[C@@H](OC(=O)c1ccccc1-n1cnnn1)c1ccccc1. The summed E-state index contributed by atoms with van der Waals surface area (Å²) in [6.45, 7) is 2.06. The van der Waals surface area contributed by atoms with Crippen molar-refractivity contribution < 1.29 is 19.1 Å². The van der Waals surface area contributed by atoms with Crippen molar-refractivity contribution in [2.45, 2.75) is 13.0 Å². The van der Waals surface area contributed by atoms with Crippen molar-refractivity contribution in [3.8, 4) is 5.69 Å². The third kappa shape index (κ3) is 4.80. The lowest BCUT2D eigenvalue weighted by Crippen LogP contribution is -2.42. The van der Waals surface area contributed by atoms with E-state index in [4.69, 9.17) is 4.74 Å². The van der Waals surface area contributed by atoms with Crippen LogP contribution in [-0.4, -0.2) is 44.7 Å². The van der Waals surface area contributed by atoms with E-state index < -0.39 is 24.0 Å². The zero-order valence-corrected chi connectivity index (χ0v) is 15.5. The van der Waals surface area contributed by atoms with Gasteiger partial charge in [0.15, 0.2) is 0 Å². The highest BCUT2D eigenvalue weighted by Crippen LogP contribution is 2.22. The van der Waals surface area contributed by atoms with E-state index in [0.29, 0.717) is 17.8 Å². The van der Waals surface area contributed by atoms with Crippen LogP contribution in [0.4, 0.5) is 4.79 Å². The van der Waals surface area contributed by atoms with Crippen molar-refractivity contribution in [1.29, 1.82) is 0 Å². The Morgan fingerprint density at radius 2 is 1.79 bits per heavy atom. The second-order valence-electron chi connectivity index (χ2n) is 5.82. The molecule has 3 aromatic rings. The van der Waals surface area contributed by atoms with Gasteiger partial charge < -0.3 is 10.1 Å². The standard InChI is InChI=1S/C19H18N6O4/c1-2-20-19(28)22-17(26)16(13-8-4-3-5-9-13)29-18(27)14-10-6-7-11-15(14)25-12-21-23-24-25/h3-12,16H,2H2,1H3,(H2,20,22,26,28)/t16-/m0/s1. The van der Waals surface area contributed by atoms with E-state index >= 15 is 0 Å². The summed E-state index contributed by atoms with van der Waals surface area (Å²) in [6.07, 6.45) is 0.0102. The van der Waals surface area contributed by atoms with Gasteiger partial charge in [-0.15, -0.1) is 5.10 Å². The van der Waals surface area contributed by atoms with E-state index in [9.17, 15) is 14.4 Å². The lowest BCUT2D eigenvalue weighted by Gasteiger charge is -2.18. The van der Waals surface area contributed by atoms with Crippen molar-refractivity contribution in [3.05, 3.63) is 72.1 Å². The normalized spacial score (nSPS) is 11.3. The molecule has 0 radical (unpaired) electrons. The Balaban J connectivity index is 1.88. The van der Waals surface area contributed by atoms with E-state index in [0.717, 1.165) is 0 Å². The smallest absolute Gasteiger partial charge is 0.341 e. The number of aromatic nitrogens is 4. The molecule has 1 atom stereocenters. The predicted molar refractivity (Wildman–Crippen MR) is 101 cm³/mol. The van der Waals surface area contributed by atoms with Gasteiger partial charge in [0.25, 0.3) is 5.91 Å². The highest BCUT2D eigenvalue weighted by atomic mass is 16.5. The first kappa shape index (κ1) is 19.7. The minimum absolute atomic E-state index is 0.159. The summed E-state index contributed by atoms with van der Waals surface area (Å²) in [5.41, 5.74) is 0.965. The summed E-state index contributed by atoms with van der Waals surface area (Å²) in [4.78, 5) is 37.2. The fourth-order valence-electron chi connectivity index (χ4n) is 2.57. The van der Waals surface area contributed by atoms with Crippen LogP contribution in [0.25, 0.3) is 5.69 Å². The van der Waals surface area contributed by atoms with Gasteiger partial charge in [0.1, 0.15) is 6.33 Å². The fraction of sp³-hybridized carbons (Fsp3) is 0.158. The van der Waals surface area contributed by atoms with Crippen LogP contribution >= 0.6 is 0 Å². The lowest BCUT2D eigenvalue weighted by molar-refractivity contribution is -0.129. The average Bonchev–Trinajstić information content (AvgIpc) is 3.27. The topological polar surface area (TPSA) is 128 Å². The second kappa shape index (κ2) is 9.22. The fourth-order valence-corrected chi connectivity index (χ4v) is 2.57. The van der Waals surface area contributed by atoms with E-state index in [-0.39, 0.29) is 5.56 Å². The molecule has 3 rings (SSSR count). The van der Waals surface area contributed by atoms with Crippen molar-refractivity contribution >= 4 is 17.9 Å². The third-order valence-corrected chi connectivity index (χ3v) is 3.86. The van der Waals surface area contributed by atoms with Gasteiger partial charge in [-0.05, 0) is 29.5 Å². The highest BCUT2D eigenvalue weighted by Gasteiger charge is 2.28. The number of carbonyl (C=O) groups is 3. The van der Waals surface area contributed by atoms with Gasteiger partial charge in [-0.1, -0.05) is 42.5 Å². The minimum Gasteiger partial charge on any atom is -0.444 e. The van der Waals surface area contributed by atoms with E-state index in [1.807, 2.05) is 0 Å². The molecule has 2 N–H and O–H groups in total. The Hall–Kier alpha value is -4.08. The van der Waals surface area contributed by atoms with Crippen molar-refractivity contribution in [1.82, 2.24) is 30.8 Å². The summed E-state index contributed by atoms with van der Waals surface area (Å²) in [5, 5.41) is 15.5. The lowest BCUT2D eigenvalue weighted by atomic mass is 10.1. The third-order valence-electron chi connectivity index (χ3n) is 3.86. The van der Waals surface area contributed by atoms with Crippen LogP contribution in [0.3, 0.4) is 0 Å². The average molecular weight is 394 g/mol. The predicted octanol–water partition coefficient (Wildman–Crippen LogP) is 1.41. The summed E-state index contributed by atoms with van der Waals surface area (Å²) >= 11 is 0. The molecule has 148 valence electrons. The van der Waals surface area contributed by atoms with Gasteiger partial charge in [0.2, 0.25) is 6.10 Å². The molecule has 0 aliphatic rings. The molecule has 0 saturated carbocycles. The second-order valence-corrected chi connectivity index (χ2v) is 5.82. The van der Waals surface area contributed by atoms with Crippen LogP contribution in [-0.2, 0) is 9.53 Å². The van der Waals surface area contributed by atoms with Gasteiger partial charge in [0.05, 0.1) is 11.3 Å². The Bertz CT molecular complexity index is 991. The minimum atomic E-state index is -1.33. The van der Waals surface area contributed by atoms with Crippen LogP contribution in [0, 0.1) is 0 Å². The number of nitrogens with one attached hydrogen (secondary N) is 2. The van der Waals surface area contributed by atoms with Crippen molar-refractivity contribution in [2.75, 3.05) is 6.54 Å². The molecular formula is C19H18N6O4. The molecule has 1 heterocycles. The Kier molecular flexibility index (Phi) is 6.25. The molecule has 0 fully saturated rings. The molecule has 1 aromatic heterocycles. The van der Waals surface area contributed by atoms with Crippen LogP contribution in [0.5, 0.6) is 0 Å². The first-order chi connectivity index (χ1) is 14.1. The molecule has 0 unspecified atom stereocenters. The van der Waals surface area contributed by atoms with E-state index in [1.54, 1.807) is 55.5 Å². The number of carbonyl (C=O) groups excluding carboxylic acids is 3. The maximum atomic E-state index is 12.9. The van der Waals surface area contributed by atoms with Crippen LogP contribution in [0.2, 0.25) is 0 Å². The molecular weight excluding hydrogens is 376 g/mol. The summed E-state index contributed by atoms with van der Waals surface area (Å²) in [7, 11) is 0. The summed E-state index contributed by atoms with van der Waals surface area (Å²) < 4.78 is 6.80. The molecule has 3 amide bonds. The molecule has 0 aliphatic carbocycles. The molecule has 0 aliphatic heterocycles. The molecule has 0 bridgehead atoms. The summed E-state index contributed by atoms with van der Waals surface area (Å²) in [5.74, 6) is -1.54. The van der Waals surface area contributed by atoms with Crippen LogP contribution in [0.15, 0.2) is 60.9 Å². The first-order valence-electron chi connectivity index (χ1n) is 8.77. The van der Waals surface area contributed by atoms with Gasteiger partial charge in [-0.25, -0.2) is 9.59 Å². The zero-order chi connectivity index (χ0) is 20.6. The zero-order valence-electron chi connectivity index (χ0n) is 15.5. The van der Waals surface area contributed by atoms with Crippen LogP contribution < -0.4 is 10.6 Å². The number of ether oxygens (including phenoxy) is 1. The maximum Gasteiger partial charge on any atom is 0.341 e. The van der Waals surface area contributed by atoms with Crippen molar-refractivity contribution in [2.24, 2.45) is 0 Å². The number of hydrogen-bond acceptors (Lipinski definition) is 7. The van der Waals surface area contributed by atoms with Crippen molar-refractivity contribution in [3.63, 3.8) is 0 Å². The number of nitrogens with zero attached hydrogens (tertiary/aromatic N) is 4. The number of esters is 1. The maximum absolute atomic E-state index is 12.9. The number of urea groups is 1. The van der Waals surface area contributed by atoms with Gasteiger partial charge in [0, 0.05) is 12.1 Å². The summed E-state index contributed by atoms with van der Waals surface area (Å²) in [6, 6.07) is 14.3. The molecule has 10 nitrogen and oxygen atoms in total. The number of tetrazole rings is 1. The Morgan fingerprint density at radius 3 is 2.48 bits per heavy atom. The number of para-hydroxylation sites is 1. The number of amides is 3. The molecule has 2 aromatic carbocycles. The van der Waals surface area contributed by atoms with Crippen LogP contribution in [0.1, 0.15) is 28.9 Å². The molecule has 0 spiro atoms. The number of benzene rings is 2. The Labute approximate surface area is 165 Å². The monoisotopic (exact) mass is 394 g/mol. The van der Waals surface area contributed by atoms with E-state index in [1.165, 1.54) is 17.1 Å². The number of imide groups is 1. The van der Waals surface area contributed by atoms with Gasteiger partial charge in [-0.2, -0.15) is 4.68 Å². The molecule has 29 heavy (non-hydrogen) atoms. The number of rotatable bonds is 6. The van der Waals surface area contributed by atoms with Gasteiger partial charge in [-0.3, -0.25) is 10.1 Å². The number of hydrogen-bond donors (Lipinski definition) is 2. The largest absolute Gasteiger partial charge is 0.444 e. The molecule has 0 saturated heterocycles.